The van der Waals surface area contributed by atoms with Gasteiger partial charge < -0.3 is 10.1 Å². The second-order valence-corrected chi connectivity index (χ2v) is 5.41. The molecule has 0 fully saturated rings. The van der Waals surface area contributed by atoms with Gasteiger partial charge in [0.15, 0.2) is 0 Å². The topological polar surface area (TPSA) is 21.3 Å². The molecule has 0 saturated carbocycles. The van der Waals surface area contributed by atoms with Crippen LogP contribution in [0.2, 0.25) is 5.02 Å². The minimum absolute atomic E-state index is 0.176. The SMILES string of the molecule is CCNC(Cc1ccc(Cl)cc1)C(C)(C)OCC. The van der Waals surface area contributed by atoms with Crippen molar-refractivity contribution in [2.24, 2.45) is 0 Å². The lowest BCUT2D eigenvalue weighted by Crippen LogP contribution is -2.50. The molecule has 1 N–H and O–H groups in total. The summed E-state index contributed by atoms with van der Waals surface area (Å²) >= 11 is 5.91. The van der Waals surface area contributed by atoms with Gasteiger partial charge in [0.05, 0.1) is 5.60 Å². The van der Waals surface area contributed by atoms with Crippen LogP contribution in [0.3, 0.4) is 0 Å². The highest BCUT2D eigenvalue weighted by Crippen LogP contribution is 2.20. The third kappa shape index (κ3) is 4.60. The Hall–Kier alpha value is -0.570. The van der Waals surface area contributed by atoms with Crippen molar-refractivity contribution in [2.75, 3.05) is 13.2 Å². The summed E-state index contributed by atoms with van der Waals surface area (Å²) in [6.45, 7) is 10.1. The van der Waals surface area contributed by atoms with Crippen LogP contribution in [-0.4, -0.2) is 24.8 Å². The van der Waals surface area contributed by atoms with Crippen molar-refractivity contribution in [2.45, 2.75) is 45.8 Å². The van der Waals surface area contributed by atoms with Crippen LogP contribution in [0.1, 0.15) is 33.3 Å². The maximum absolute atomic E-state index is 5.91. The number of ether oxygens (including phenoxy) is 1. The van der Waals surface area contributed by atoms with Gasteiger partial charge in [-0.1, -0.05) is 30.7 Å². The van der Waals surface area contributed by atoms with E-state index in [0.29, 0.717) is 6.04 Å². The number of rotatable bonds is 7. The summed E-state index contributed by atoms with van der Waals surface area (Å²) in [5, 5.41) is 4.29. The van der Waals surface area contributed by atoms with E-state index >= 15 is 0 Å². The third-order valence-corrected chi connectivity index (χ3v) is 3.41. The molecule has 0 radical (unpaired) electrons. The summed E-state index contributed by atoms with van der Waals surface area (Å²) in [4.78, 5) is 0. The Labute approximate surface area is 116 Å². The maximum atomic E-state index is 5.91. The van der Waals surface area contributed by atoms with Crippen LogP contribution < -0.4 is 5.32 Å². The van der Waals surface area contributed by atoms with Crippen molar-refractivity contribution >= 4 is 11.6 Å². The van der Waals surface area contributed by atoms with Crippen molar-refractivity contribution in [3.8, 4) is 0 Å². The largest absolute Gasteiger partial charge is 0.374 e. The molecule has 0 heterocycles. The van der Waals surface area contributed by atoms with Crippen LogP contribution in [0.25, 0.3) is 0 Å². The van der Waals surface area contributed by atoms with Crippen LogP contribution in [0, 0.1) is 0 Å². The van der Waals surface area contributed by atoms with Crippen molar-refractivity contribution in [1.82, 2.24) is 5.32 Å². The number of hydrogen-bond acceptors (Lipinski definition) is 2. The van der Waals surface area contributed by atoms with E-state index in [1.165, 1.54) is 5.56 Å². The number of hydrogen-bond donors (Lipinski definition) is 1. The highest BCUT2D eigenvalue weighted by atomic mass is 35.5. The van der Waals surface area contributed by atoms with Gasteiger partial charge in [-0.25, -0.2) is 0 Å². The third-order valence-electron chi connectivity index (χ3n) is 3.16. The molecule has 0 bridgehead atoms. The van der Waals surface area contributed by atoms with E-state index < -0.39 is 0 Å². The summed E-state index contributed by atoms with van der Waals surface area (Å²) in [6, 6.07) is 8.33. The van der Waals surface area contributed by atoms with Gasteiger partial charge in [-0.15, -0.1) is 0 Å². The normalized spacial score (nSPS) is 13.6. The molecule has 1 atom stereocenters. The lowest BCUT2D eigenvalue weighted by molar-refractivity contribution is -0.0376. The number of likely N-dealkylation sites (N-methyl/N-ethyl adjacent to an activating group) is 1. The molecule has 1 unspecified atom stereocenters. The van der Waals surface area contributed by atoms with Gasteiger partial charge >= 0.3 is 0 Å². The van der Waals surface area contributed by atoms with E-state index in [9.17, 15) is 0 Å². The van der Waals surface area contributed by atoms with Gasteiger partial charge in [0.2, 0.25) is 0 Å². The van der Waals surface area contributed by atoms with Crippen molar-refractivity contribution in [3.05, 3.63) is 34.9 Å². The lowest BCUT2D eigenvalue weighted by atomic mass is 9.92. The summed E-state index contributed by atoms with van der Waals surface area (Å²) in [7, 11) is 0. The van der Waals surface area contributed by atoms with Crippen LogP contribution in [0.5, 0.6) is 0 Å². The molecule has 102 valence electrons. The first-order chi connectivity index (χ1) is 8.49. The zero-order chi connectivity index (χ0) is 13.6. The van der Waals surface area contributed by atoms with E-state index in [4.69, 9.17) is 16.3 Å². The van der Waals surface area contributed by atoms with E-state index in [1.54, 1.807) is 0 Å². The van der Waals surface area contributed by atoms with E-state index in [2.05, 4.69) is 38.2 Å². The van der Waals surface area contributed by atoms with Crippen molar-refractivity contribution < 1.29 is 4.74 Å². The Morgan fingerprint density at radius 1 is 1.22 bits per heavy atom. The molecule has 3 heteroatoms. The Morgan fingerprint density at radius 2 is 1.83 bits per heavy atom. The van der Waals surface area contributed by atoms with Gasteiger partial charge in [-0.2, -0.15) is 0 Å². The van der Waals surface area contributed by atoms with Gasteiger partial charge in [0.1, 0.15) is 0 Å². The first-order valence-corrected chi connectivity index (χ1v) is 6.99. The first kappa shape index (κ1) is 15.5. The van der Waals surface area contributed by atoms with Crippen molar-refractivity contribution in [1.29, 1.82) is 0 Å². The molecule has 1 aromatic carbocycles. The lowest BCUT2D eigenvalue weighted by Gasteiger charge is -2.35. The monoisotopic (exact) mass is 269 g/mol. The van der Waals surface area contributed by atoms with Gasteiger partial charge in [-0.3, -0.25) is 0 Å². The molecule has 2 nitrogen and oxygen atoms in total. The average Bonchev–Trinajstić information content (AvgIpc) is 2.31. The van der Waals surface area contributed by atoms with Crippen LogP contribution in [0.15, 0.2) is 24.3 Å². The summed E-state index contributed by atoms with van der Waals surface area (Å²) in [5.41, 5.74) is 1.10. The fourth-order valence-corrected chi connectivity index (χ4v) is 2.26. The molecule has 18 heavy (non-hydrogen) atoms. The molecule has 1 aromatic rings. The quantitative estimate of drug-likeness (QED) is 0.815. The highest BCUT2D eigenvalue weighted by Gasteiger charge is 2.29. The summed E-state index contributed by atoms with van der Waals surface area (Å²) in [6.07, 6.45) is 0.942. The fraction of sp³-hybridized carbons (Fsp3) is 0.600. The molecule has 0 amide bonds. The second-order valence-electron chi connectivity index (χ2n) is 4.98. The number of halogens is 1. The number of benzene rings is 1. The molecule has 0 aromatic heterocycles. The minimum atomic E-state index is -0.176. The van der Waals surface area contributed by atoms with Crippen LogP contribution >= 0.6 is 11.6 Å². The molecule has 0 aliphatic carbocycles. The standard InChI is InChI=1S/C15H24ClNO/c1-5-17-14(15(3,4)18-6-2)11-12-7-9-13(16)10-8-12/h7-10,14,17H,5-6,11H2,1-4H3. The Bertz CT molecular complexity index is 348. The zero-order valence-corrected chi connectivity index (χ0v) is 12.6. The minimum Gasteiger partial charge on any atom is -0.374 e. The molecule has 0 spiro atoms. The average molecular weight is 270 g/mol. The highest BCUT2D eigenvalue weighted by molar-refractivity contribution is 6.30. The predicted octanol–water partition coefficient (Wildman–Crippen LogP) is 3.68. The molecule has 0 saturated heterocycles. The van der Waals surface area contributed by atoms with Gasteiger partial charge in [0, 0.05) is 17.7 Å². The van der Waals surface area contributed by atoms with Crippen molar-refractivity contribution in [3.63, 3.8) is 0 Å². The molecule has 0 aliphatic rings. The first-order valence-electron chi connectivity index (χ1n) is 6.61. The smallest absolute Gasteiger partial charge is 0.0781 e. The Kier molecular flexibility index (Phi) is 6.13. The Morgan fingerprint density at radius 3 is 2.33 bits per heavy atom. The predicted molar refractivity (Wildman–Crippen MR) is 78.3 cm³/mol. The zero-order valence-electron chi connectivity index (χ0n) is 11.8. The van der Waals surface area contributed by atoms with Crippen LogP contribution in [-0.2, 0) is 11.2 Å². The van der Waals surface area contributed by atoms with E-state index in [-0.39, 0.29) is 5.60 Å². The molecular weight excluding hydrogens is 246 g/mol. The Balaban J connectivity index is 2.76. The summed E-state index contributed by atoms with van der Waals surface area (Å²) in [5.74, 6) is 0. The van der Waals surface area contributed by atoms with E-state index in [1.807, 2.05) is 19.1 Å². The van der Waals surface area contributed by atoms with E-state index in [0.717, 1.165) is 24.6 Å². The van der Waals surface area contributed by atoms with Gasteiger partial charge in [0.25, 0.3) is 0 Å². The second kappa shape index (κ2) is 7.13. The molecule has 0 aliphatic heterocycles. The van der Waals surface area contributed by atoms with Gasteiger partial charge in [-0.05, 0) is 51.4 Å². The fourth-order valence-electron chi connectivity index (χ4n) is 2.14. The van der Waals surface area contributed by atoms with Crippen LogP contribution in [0.4, 0.5) is 0 Å². The molecular formula is C15H24ClNO. The molecule has 1 rings (SSSR count). The number of nitrogens with one attached hydrogen (secondary N) is 1. The maximum Gasteiger partial charge on any atom is 0.0781 e. The summed E-state index contributed by atoms with van der Waals surface area (Å²) < 4.78 is 5.85.